The number of hydrogen-bond acceptors (Lipinski definition) is 3. The second-order valence-corrected chi connectivity index (χ2v) is 2.97. The van der Waals surface area contributed by atoms with Crippen LogP contribution in [0.4, 0.5) is 18.0 Å². The van der Waals surface area contributed by atoms with Crippen molar-refractivity contribution < 1.29 is 27.8 Å². The van der Waals surface area contributed by atoms with Gasteiger partial charge in [0.1, 0.15) is 5.71 Å². The lowest BCUT2D eigenvalue weighted by molar-refractivity contribution is -0.0634. The summed E-state index contributed by atoms with van der Waals surface area (Å²) >= 11 is 0. The van der Waals surface area contributed by atoms with Crippen molar-refractivity contribution in [2.45, 2.75) is 12.6 Å². The quantitative estimate of drug-likeness (QED) is 0.549. The second-order valence-electron chi connectivity index (χ2n) is 2.97. The highest BCUT2D eigenvalue weighted by Crippen LogP contribution is 2.26. The number of rotatable bonds is 2. The number of hydrogen-bond donors (Lipinski definition) is 2. The van der Waals surface area contributed by atoms with E-state index in [0.717, 1.165) is 0 Å². The summed E-state index contributed by atoms with van der Waals surface area (Å²) in [6, 6.07) is 0. The minimum absolute atomic E-state index is 0.0837. The van der Waals surface area contributed by atoms with Gasteiger partial charge in [0, 0.05) is 12.5 Å². The van der Waals surface area contributed by atoms with E-state index in [9.17, 15) is 18.0 Å². The third-order valence-corrected chi connectivity index (χ3v) is 1.88. The zero-order valence-electron chi connectivity index (χ0n) is 7.54. The van der Waals surface area contributed by atoms with E-state index in [0.29, 0.717) is 0 Å². The lowest BCUT2D eigenvalue weighted by atomic mass is 10.0. The van der Waals surface area contributed by atoms with Gasteiger partial charge in [-0.3, -0.25) is 0 Å². The lowest BCUT2D eigenvalue weighted by Crippen LogP contribution is -2.34. The van der Waals surface area contributed by atoms with Crippen LogP contribution in [0.1, 0.15) is 6.42 Å². The highest BCUT2D eigenvalue weighted by Gasteiger charge is 2.42. The molecule has 0 bridgehead atoms. The molecule has 2 N–H and O–H groups in total. The molecule has 0 spiro atoms. The van der Waals surface area contributed by atoms with Crippen molar-refractivity contribution in [3.8, 4) is 0 Å². The molecule has 1 atom stereocenters. The van der Waals surface area contributed by atoms with Crippen LogP contribution < -0.4 is 5.43 Å². The van der Waals surface area contributed by atoms with Gasteiger partial charge >= 0.3 is 12.3 Å². The molecule has 1 rings (SSSR count). The van der Waals surface area contributed by atoms with Gasteiger partial charge in [0.2, 0.25) is 0 Å². The van der Waals surface area contributed by atoms with Gasteiger partial charge in [0.05, 0.1) is 6.61 Å². The number of carbonyl (C=O) groups is 1. The Morgan fingerprint density at radius 3 is 2.60 bits per heavy atom. The number of carboxylic acid groups (broad SMARTS) is 1. The molecule has 0 aliphatic carbocycles. The van der Waals surface area contributed by atoms with Gasteiger partial charge in [-0.15, -0.1) is 0 Å². The van der Waals surface area contributed by atoms with Gasteiger partial charge < -0.3 is 9.84 Å². The minimum atomic E-state index is -4.64. The number of ether oxygens (including phenoxy) is 1. The Labute approximate surface area is 82.9 Å². The highest BCUT2D eigenvalue weighted by molar-refractivity contribution is 5.92. The fourth-order valence-corrected chi connectivity index (χ4v) is 1.24. The average Bonchev–Trinajstić information content (AvgIpc) is 2.54. The SMILES string of the molecule is O=C(O)NN=C(C1CCOC1)C(F)(F)F. The number of nitrogens with zero attached hydrogens (tertiary/aromatic N) is 1. The van der Waals surface area contributed by atoms with Crippen LogP contribution in [0.2, 0.25) is 0 Å². The molecule has 0 radical (unpaired) electrons. The van der Waals surface area contributed by atoms with Crippen LogP contribution in [0.15, 0.2) is 5.10 Å². The first kappa shape index (κ1) is 11.8. The van der Waals surface area contributed by atoms with Crippen molar-refractivity contribution in [2.75, 3.05) is 13.2 Å². The fraction of sp³-hybridized carbons (Fsp3) is 0.714. The molecule has 8 heteroatoms. The van der Waals surface area contributed by atoms with E-state index in [-0.39, 0.29) is 19.6 Å². The summed E-state index contributed by atoms with van der Waals surface area (Å²) in [6.07, 6.45) is -6.07. The second kappa shape index (κ2) is 4.47. The Balaban J connectivity index is 2.77. The third kappa shape index (κ3) is 3.39. The molecule has 1 heterocycles. The number of hydrazone groups is 1. The van der Waals surface area contributed by atoms with Gasteiger partial charge in [-0.25, -0.2) is 10.2 Å². The zero-order chi connectivity index (χ0) is 11.5. The smallest absolute Gasteiger partial charge is 0.431 e. The van der Waals surface area contributed by atoms with Crippen LogP contribution in [-0.4, -0.2) is 36.3 Å². The molecule has 0 saturated carbocycles. The van der Waals surface area contributed by atoms with Gasteiger partial charge in [0.25, 0.3) is 0 Å². The highest BCUT2D eigenvalue weighted by atomic mass is 19.4. The maximum atomic E-state index is 12.4. The molecule has 15 heavy (non-hydrogen) atoms. The van der Waals surface area contributed by atoms with E-state index >= 15 is 0 Å². The molecule has 0 aromatic rings. The topological polar surface area (TPSA) is 70.9 Å². The van der Waals surface area contributed by atoms with E-state index < -0.39 is 23.9 Å². The number of amides is 1. The zero-order valence-corrected chi connectivity index (χ0v) is 7.54. The van der Waals surface area contributed by atoms with Gasteiger partial charge in [-0.05, 0) is 6.42 Å². The van der Waals surface area contributed by atoms with E-state index in [2.05, 4.69) is 5.10 Å². The molecule has 1 aliphatic heterocycles. The molecule has 0 aromatic heterocycles. The molecule has 0 aromatic carbocycles. The molecule has 1 unspecified atom stereocenters. The number of halogens is 3. The maximum Gasteiger partial charge on any atom is 0.431 e. The standard InChI is InChI=1S/C7H9F3N2O3/c8-7(9,10)5(11-12-6(13)14)4-1-2-15-3-4/h4,12H,1-3H2,(H,13,14). The van der Waals surface area contributed by atoms with Gasteiger partial charge in [-0.2, -0.15) is 18.3 Å². The molecule has 5 nitrogen and oxygen atoms in total. The molecule has 1 aliphatic rings. The van der Waals surface area contributed by atoms with E-state index in [1.807, 2.05) is 0 Å². The van der Waals surface area contributed by atoms with Gasteiger partial charge in [0.15, 0.2) is 0 Å². The van der Waals surface area contributed by atoms with Gasteiger partial charge in [-0.1, -0.05) is 0 Å². The Morgan fingerprint density at radius 2 is 2.20 bits per heavy atom. The molecular weight excluding hydrogens is 217 g/mol. The van der Waals surface area contributed by atoms with Crippen molar-refractivity contribution in [3.63, 3.8) is 0 Å². The van der Waals surface area contributed by atoms with Crippen molar-refractivity contribution in [3.05, 3.63) is 0 Å². The van der Waals surface area contributed by atoms with E-state index in [1.165, 1.54) is 5.43 Å². The first-order valence-electron chi connectivity index (χ1n) is 4.12. The Hall–Kier alpha value is -1.31. The van der Waals surface area contributed by atoms with Crippen molar-refractivity contribution >= 4 is 11.8 Å². The first-order chi connectivity index (χ1) is 6.91. The Kier molecular flexibility index (Phi) is 3.51. The molecule has 86 valence electrons. The normalized spacial score (nSPS) is 22.9. The number of nitrogens with one attached hydrogen (secondary N) is 1. The summed E-state index contributed by atoms with van der Waals surface area (Å²) < 4.78 is 42.0. The summed E-state index contributed by atoms with van der Waals surface area (Å²) in [5, 5.41) is 11.0. The fourth-order valence-electron chi connectivity index (χ4n) is 1.24. The summed E-state index contributed by atoms with van der Waals surface area (Å²) in [5.41, 5.74) is 0.221. The van der Waals surface area contributed by atoms with Crippen LogP contribution in [0.3, 0.4) is 0 Å². The van der Waals surface area contributed by atoms with Crippen LogP contribution in [0, 0.1) is 5.92 Å². The van der Waals surface area contributed by atoms with Crippen molar-refractivity contribution in [2.24, 2.45) is 11.0 Å². The van der Waals surface area contributed by atoms with Crippen molar-refractivity contribution in [1.29, 1.82) is 0 Å². The Bertz CT molecular complexity index is 271. The molecular formula is C7H9F3N2O3. The van der Waals surface area contributed by atoms with E-state index in [1.54, 1.807) is 0 Å². The minimum Gasteiger partial charge on any atom is -0.464 e. The number of alkyl halides is 3. The predicted molar refractivity (Wildman–Crippen MR) is 43.6 cm³/mol. The van der Waals surface area contributed by atoms with E-state index in [4.69, 9.17) is 9.84 Å². The summed E-state index contributed by atoms with van der Waals surface area (Å²) in [4.78, 5) is 10.0. The van der Waals surface area contributed by atoms with Crippen LogP contribution >= 0.6 is 0 Å². The molecule has 1 fully saturated rings. The summed E-state index contributed by atoms with van der Waals surface area (Å²) in [6.45, 7) is 0.145. The third-order valence-electron chi connectivity index (χ3n) is 1.88. The summed E-state index contributed by atoms with van der Waals surface area (Å²) in [5.74, 6) is -0.892. The first-order valence-corrected chi connectivity index (χ1v) is 4.12. The van der Waals surface area contributed by atoms with Crippen LogP contribution in [0.25, 0.3) is 0 Å². The monoisotopic (exact) mass is 226 g/mol. The van der Waals surface area contributed by atoms with Crippen LogP contribution in [-0.2, 0) is 4.74 Å². The van der Waals surface area contributed by atoms with Crippen LogP contribution in [0.5, 0.6) is 0 Å². The Morgan fingerprint density at radius 1 is 1.53 bits per heavy atom. The summed E-state index contributed by atoms with van der Waals surface area (Å²) in [7, 11) is 0. The average molecular weight is 226 g/mol. The maximum absolute atomic E-state index is 12.4. The molecule has 1 saturated heterocycles. The lowest BCUT2D eigenvalue weighted by Gasteiger charge is -2.14. The largest absolute Gasteiger partial charge is 0.464 e. The molecule has 1 amide bonds. The van der Waals surface area contributed by atoms with Crippen molar-refractivity contribution in [1.82, 2.24) is 5.43 Å². The predicted octanol–water partition coefficient (Wildman–Crippen LogP) is 1.21.